The van der Waals surface area contributed by atoms with E-state index in [4.69, 9.17) is 16.3 Å². The zero-order valence-electron chi connectivity index (χ0n) is 12.0. The van der Waals surface area contributed by atoms with E-state index in [2.05, 4.69) is 27.5 Å². The minimum Gasteiger partial charge on any atom is -0.378 e. The Morgan fingerprint density at radius 2 is 2.35 bits per heavy atom. The van der Waals surface area contributed by atoms with Crippen LogP contribution < -0.4 is 0 Å². The number of imidazole rings is 1. The molecule has 0 N–H and O–H groups in total. The van der Waals surface area contributed by atoms with E-state index in [1.54, 1.807) is 0 Å². The van der Waals surface area contributed by atoms with Gasteiger partial charge in [-0.05, 0) is 31.4 Å². The molecule has 4 nitrogen and oxygen atoms in total. The summed E-state index contributed by atoms with van der Waals surface area (Å²) in [6.07, 6.45) is 4.40. The van der Waals surface area contributed by atoms with Crippen molar-refractivity contribution < 1.29 is 4.74 Å². The zero-order valence-corrected chi connectivity index (χ0v) is 12.7. The number of ether oxygens (including phenoxy) is 1. The fourth-order valence-corrected chi connectivity index (χ4v) is 3.24. The van der Waals surface area contributed by atoms with Gasteiger partial charge in [-0.1, -0.05) is 6.92 Å². The maximum Gasteiger partial charge on any atom is 0.160 e. The van der Waals surface area contributed by atoms with Crippen LogP contribution >= 0.6 is 11.6 Å². The van der Waals surface area contributed by atoms with Crippen molar-refractivity contribution in [1.29, 1.82) is 0 Å². The highest BCUT2D eigenvalue weighted by Crippen LogP contribution is 2.27. The Morgan fingerprint density at radius 3 is 3.10 bits per heavy atom. The molecule has 5 heteroatoms. The van der Waals surface area contributed by atoms with Crippen LogP contribution in [0.5, 0.6) is 0 Å². The van der Waals surface area contributed by atoms with E-state index in [9.17, 15) is 0 Å². The Bertz CT molecular complexity index is 610. The Morgan fingerprint density at radius 1 is 1.50 bits per heavy atom. The van der Waals surface area contributed by atoms with Crippen molar-refractivity contribution in [3.8, 4) is 0 Å². The van der Waals surface area contributed by atoms with Crippen LogP contribution in [-0.2, 0) is 17.2 Å². The average molecular weight is 294 g/mol. The maximum atomic E-state index is 6.06. The van der Waals surface area contributed by atoms with Gasteiger partial charge in [0.25, 0.3) is 0 Å². The summed E-state index contributed by atoms with van der Waals surface area (Å²) in [6, 6.07) is 2.07. The summed E-state index contributed by atoms with van der Waals surface area (Å²) in [6.45, 7) is 5.97. The average Bonchev–Trinajstić information content (AvgIpc) is 3.03. The standard InChI is InChI=1S/C15H20ClN3O/c1-3-13-11(4-5-20-13)9-19-14(7-16)18-12-6-10(2)8-17-15(12)19/h6,8,11,13H,3-5,7,9H2,1-2H3. The van der Waals surface area contributed by atoms with Gasteiger partial charge in [0, 0.05) is 25.3 Å². The molecule has 20 heavy (non-hydrogen) atoms. The molecular weight excluding hydrogens is 274 g/mol. The Labute approximate surface area is 124 Å². The third-order valence-corrected chi connectivity index (χ3v) is 4.33. The molecule has 0 amide bonds. The van der Waals surface area contributed by atoms with E-state index in [0.717, 1.165) is 48.5 Å². The highest BCUT2D eigenvalue weighted by atomic mass is 35.5. The Balaban J connectivity index is 1.97. The van der Waals surface area contributed by atoms with Gasteiger partial charge in [-0.3, -0.25) is 0 Å². The third-order valence-electron chi connectivity index (χ3n) is 4.09. The van der Waals surface area contributed by atoms with Crippen LogP contribution in [0.3, 0.4) is 0 Å². The first-order valence-corrected chi connectivity index (χ1v) is 7.75. The topological polar surface area (TPSA) is 39.9 Å². The Kier molecular flexibility index (Phi) is 3.94. The first-order valence-electron chi connectivity index (χ1n) is 7.22. The van der Waals surface area contributed by atoms with Crippen molar-refractivity contribution >= 4 is 22.8 Å². The molecule has 2 aromatic heterocycles. The number of hydrogen-bond donors (Lipinski definition) is 0. The normalized spacial score (nSPS) is 22.8. The van der Waals surface area contributed by atoms with Gasteiger partial charge in [-0.2, -0.15) is 0 Å². The molecule has 3 heterocycles. The van der Waals surface area contributed by atoms with Crippen LogP contribution in [-0.4, -0.2) is 27.2 Å². The van der Waals surface area contributed by atoms with Gasteiger partial charge in [-0.15, -0.1) is 11.6 Å². The lowest BCUT2D eigenvalue weighted by Gasteiger charge is -2.18. The Hall–Kier alpha value is -1.13. The number of rotatable bonds is 4. The summed E-state index contributed by atoms with van der Waals surface area (Å²) >= 11 is 6.06. The number of aryl methyl sites for hydroxylation is 1. The third kappa shape index (κ3) is 2.42. The summed E-state index contributed by atoms with van der Waals surface area (Å²) in [5.41, 5.74) is 3.00. The minimum atomic E-state index is 0.348. The molecule has 0 radical (unpaired) electrons. The van der Waals surface area contributed by atoms with E-state index in [1.165, 1.54) is 0 Å². The van der Waals surface area contributed by atoms with E-state index >= 15 is 0 Å². The van der Waals surface area contributed by atoms with Crippen LogP contribution in [0.1, 0.15) is 31.2 Å². The van der Waals surface area contributed by atoms with Crippen molar-refractivity contribution in [3.63, 3.8) is 0 Å². The van der Waals surface area contributed by atoms with Gasteiger partial charge in [0.15, 0.2) is 5.65 Å². The molecule has 0 spiro atoms. The predicted molar refractivity (Wildman–Crippen MR) is 80.0 cm³/mol. The molecule has 2 aromatic rings. The second kappa shape index (κ2) is 5.70. The molecule has 108 valence electrons. The van der Waals surface area contributed by atoms with Crippen molar-refractivity contribution in [2.45, 2.75) is 45.2 Å². The van der Waals surface area contributed by atoms with E-state index in [0.29, 0.717) is 17.9 Å². The van der Waals surface area contributed by atoms with E-state index in [1.807, 2.05) is 13.1 Å². The first-order chi connectivity index (χ1) is 9.72. The minimum absolute atomic E-state index is 0.348. The number of nitrogens with zero attached hydrogens (tertiary/aromatic N) is 3. The molecule has 1 fully saturated rings. The molecule has 0 aromatic carbocycles. The van der Waals surface area contributed by atoms with Crippen LogP contribution in [0.4, 0.5) is 0 Å². The van der Waals surface area contributed by atoms with Crippen molar-refractivity contribution in [3.05, 3.63) is 23.7 Å². The van der Waals surface area contributed by atoms with Gasteiger partial charge < -0.3 is 9.30 Å². The molecule has 0 bridgehead atoms. The highest BCUT2D eigenvalue weighted by Gasteiger charge is 2.28. The van der Waals surface area contributed by atoms with Gasteiger partial charge in [0.2, 0.25) is 0 Å². The number of hydrogen-bond acceptors (Lipinski definition) is 3. The molecule has 1 saturated heterocycles. The molecule has 2 unspecified atom stereocenters. The number of fused-ring (bicyclic) bond motifs is 1. The van der Waals surface area contributed by atoms with Gasteiger partial charge >= 0.3 is 0 Å². The second-order valence-electron chi connectivity index (χ2n) is 5.49. The lowest BCUT2D eigenvalue weighted by Crippen LogP contribution is -2.21. The first kappa shape index (κ1) is 13.8. The van der Waals surface area contributed by atoms with Gasteiger partial charge in [0.05, 0.1) is 12.0 Å². The number of halogens is 1. The molecule has 0 saturated carbocycles. The fraction of sp³-hybridized carbons (Fsp3) is 0.600. The molecular formula is C15H20ClN3O. The monoisotopic (exact) mass is 293 g/mol. The van der Waals surface area contributed by atoms with Crippen LogP contribution in [0.15, 0.2) is 12.3 Å². The maximum absolute atomic E-state index is 6.06. The van der Waals surface area contributed by atoms with Crippen LogP contribution in [0.2, 0.25) is 0 Å². The van der Waals surface area contributed by atoms with Gasteiger partial charge in [0.1, 0.15) is 11.3 Å². The SMILES string of the molecule is CCC1OCCC1Cn1c(CCl)nc2cc(C)cnc21. The molecule has 2 atom stereocenters. The quantitative estimate of drug-likeness (QED) is 0.812. The number of aromatic nitrogens is 3. The largest absolute Gasteiger partial charge is 0.378 e. The zero-order chi connectivity index (χ0) is 14.1. The number of alkyl halides is 1. The summed E-state index contributed by atoms with van der Waals surface area (Å²) in [5, 5.41) is 0. The molecule has 1 aliphatic rings. The van der Waals surface area contributed by atoms with Crippen LogP contribution in [0, 0.1) is 12.8 Å². The summed E-state index contributed by atoms with van der Waals surface area (Å²) in [7, 11) is 0. The molecule has 1 aliphatic heterocycles. The molecule has 0 aliphatic carbocycles. The number of pyridine rings is 1. The molecule has 3 rings (SSSR count). The van der Waals surface area contributed by atoms with Crippen LogP contribution in [0.25, 0.3) is 11.2 Å². The van der Waals surface area contributed by atoms with Crippen molar-refractivity contribution in [2.75, 3.05) is 6.61 Å². The lowest BCUT2D eigenvalue weighted by molar-refractivity contribution is 0.0836. The van der Waals surface area contributed by atoms with E-state index in [-0.39, 0.29) is 0 Å². The summed E-state index contributed by atoms with van der Waals surface area (Å²) < 4.78 is 7.95. The summed E-state index contributed by atoms with van der Waals surface area (Å²) in [4.78, 5) is 9.16. The van der Waals surface area contributed by atoms with Gasteiger partial charge in [-0.25, -0.2) is 9.97 Å². The van der Waals surface area contributed by atoms with Crippen molar-refractivity contribution in [1.82, 2.24) is 14.5 Å². The fourth-order valence-electron chi connectivity index (χ4n) is 3.04. The smallest absolute Gasteiger partial charge is 0.160 e. The lowest BCUT2D eigenvalue weighted by atomic mass is 9.99. The predicted octanol–water partition coefficient (Wildman–Crippen LogP) is 3.29. The van der Waals surface area contributed by atoms with E-state index < -0.39 is 0 Å². The second-order valence-corrected chi connectivity index (χ2v) is 5.76. The highest BCUT2D eigenvalue weighted by molar-refractivity contribution is 6.16. The summed E-state index contributed by atoms with van der Waals surface area (Å²) in [5.74, 6) is 1.85. The van der Waals surface area contributed by atoms with Crippen molar-refractivity contribution in [2.24, 2.45) is 5.92 Å².